The molecular weight excluding hydrogens is 352 g/mol. The number of benzene rings is 2. The first-order valence-corrected chi connectivity index (χ1v) is 9.05. The Hall–Kier alpha value is -1.31. The molecular formula is C20H26O5S. The number of hydrogen-bond donors (Lipinski definition) is 2. The van der Waals surface area contributed by atoms with E-state index in [4.69, 9.17) is 18.4 Å². The van der Waals surface area contributed by atoms with E-state index in [0.29, 0.717) is 12.4 Å². The van der Waals surface area contributed by atoms with Gasteiger partial charge in [-0.25, -0.2) is 0 Å². The lowest BCUT2D eigenvalue weighted by Crippen LogP contribution is -2.36. The Balaban J connectivity index is 1.92. The van der Waals surface area contributed by atoms with Crippen LogP contribution >= 0.6 is 12.9 Å². The van der Waals surface area contributed by atoms with Crippen molar-refractivity contribution in [2.45, 2.75) is 50.8 Å². The van der Waals surface area contributed by atoms with Gasteiger partial charge in [-0.3, -0.25) is 0 Å². The number of hydrogen-bond acceptors (Lipinski definition) is 6. The fourth-order valence-electron chi connectivity index (χ4n) is 3.23. The largest absolute Gasteiger partial charge is 0.496 e. The smallest absolute Gasteiger partial charge is 0.129 e. The summed E-state index contributed by atoms with van der Waals surface area (Å²) >= 11 is 3.93. The van der Waals surface area contributed by atoms with E-state index < -0.39 is 24.4 Å². The molecule has 2 aromatic rings. The van der Waals surface area contributed by atoms with Gasteiger partial charge in [0.15, 0.2) is 0 Å². The van der Waals surface area contributed by atoms with Crippen LogP contribution in [0.15, 0.2) is 36.4 Å². The highest BCUT2D eigenvalue weighted by atomic mass is 32.1. The third-order valence-electron chi connectivity index (χ3n) is 4.54. The van der Waals surface area contributed by atoms with Gasteiger partial charge in [0, 0.05) is 5.56 Å². The van der Waals surface area contributed by atoms with E-state index in [1.807, 2.05) is 57.2 Å². The summed E-state index contributed by atoms with van der Waals surface area (Å²) in [7, 11) is 1.61. The highest BCUT2D eigenvalue weighted by molar-refractivity contribution is 7.75. The quantitative estimate of drug-likeness (QED) is 0.614. The van der Waals surface area contributed by atoms with E-state index in [9.17, 15) is 5.11 Å². The predicted molar refractivity (Wildman–Crippen MR) is 104 cm³/mol. The summed E-state index contributed by atoms with van der Waals surface area (Å²) in [5.74, 6) is 0.669. The molecule has 0 saturated carbocycles. The lowest BCUT2D eigenvalue weighted by molar-refractivity contribution is -0.0842. The van der Waals surface area contributed by atoms with Crippen molar-refractivity contribution in [3.05, 3.63) is 42.0 Å². The molecule has 0 amide bonds. The van der Waals surface area contributed by atoms with E-state index in [0.717, 1.165) is 16.3 Å². The molecule has 142 valence electrons. The van der Waals surface area contributed by atoms with E-state index in [2.05, 4.69) is 12.9 Å². The molecule has 1 fully saturated rings. The molecule has 3 rings (SSSR count). The van der Waals surface area contributed by atoms with Crippen LogP contribution in [0.4, 0.5) is 0 Å². The topological polar surface area (TPSA) is 57.2 Å². The second kappa shape index (κ2) is 7.74. The number of thiol groups is 1. The zero-order chi connectivity index (χ0) is 18.9. The van der Waals surface area contributed by atoms with Gasteiger partial charge in [0.05, 0.1) is 19.3 Å². The number of ether oxygens (including phenoxy) is 3. The van der Waals surface area contributed by atoms with E-state index >= 15 is 0 Å². The molecule has 1 N–H and O–H groups in total. The van der Waals surface area contributed by atoms with E-state index in [-0.39, 0.29) is 5.60 Å². The molecule has 1 aliphatic rings. The van der Waals surface area contributed by atoms with Crippen LogP contribution in [-0.2, 0) is 13.7 Å². The average molecular weight is 378 g/mol. The minimum atomic E-state index is -0.879. The van der Waals surface area contributed by atoms with Gasteiger partial charge < -0.3 is 23.5 Å². The Labute approximate surface area is 159 Å². The molecule has 5 nitrogen and oxygen atoms in total. The van der Waals surface area contributed by atoms with Gasteiger partial charge in [0.2, 0.25) is 0 Å². The lowest BCUT2D eigenvalue weighted by atomic mass is 9.97. The Morgan fingerprint density at radius 1 is 1.15 bits per heavy atom. The minimum Gasteiger partial charge on any atom is -0.496 e. The third kappa shape index (κ3) is 4.00. The maximum atomic E-state index is 10.8. The van der Waals surface area contributed by atoms with Crippen molar-refractivity contribution in [3.8, 4) is 5.75 Å². The first kappa shape index (κ1) is 19.5. The van der Waals surface area contributed by atoms with Crippen molar-refractivity contribution >= 4 is 23.7 Å². The molecule has 2 aromatic carbocycles. The van der Waals surface area contributed by atoms with Crippen LogP contribution in [0.3, 0.4) is 0 Å². The van der Waals surface area contributed by atoms with Crippen LogP contribution < -0.4 is 4.74 Å². The van der Waals surface area contributed by atoms with Crippen molar-refractivity contribution in [3.63, 3.8) is 0 Å². The Kier molecular flexibility index (Phi) is 5.79. The van der Waals surface area contributed by atoms with Gasteiger partial charge in [-0.05, 0) is 56.6 Å². The summed E-state index contributed by atoms with van der Waals surface area (Å²) in [5.41, 5.74) is 0.473. The molecule has 1 aliphatic heterocycles. The fourth-order valence-corrected chi connectivity index (χ4v) is 3.49. The van der Waals surface area contributed by atoms with Crippen LogP contribution in [0.1, 0.15) is 32.4 Å². The zero-order valence-electron chi connectivity index (χ0n) is 15.5. The molecule has 0 bridgehead atoms. The monoisotopic (exact) mass is 378 g/mol. The minimum absolute atomic E-state index is 0.304. The standard InChI is InChI=1S/C20H26O5S/c1-20(2,3)23-11-16-19(25-26)17(21)18(24-16)14-9-12-7-5-6-8-13(12)10-15(14)22-4/h5-10,16-19,21,26H,11H2,1-4H3/t16-,17?,18+,19?/m1/s1. The zero-order valence-corrected chi connectivity index (χ0v) is 16.4. The van der Waals surface area contributed by atoms with Crippen molar-refractivity contribution < 1.29 is 23.5 Å². The van der Waals surface area contributed by atoms with Gasteiger partial charge in [0.1, 0.15) is 30.2 Å². The Bertz CT molecular complexity index is 757. The molecule has 2 unspecified atom stereocenters. The van der Waals surface area contributed by atoms with Gasteiger partial charge in [-0.1, -0.05) is 24.3 Å². The highest BCUT2D eigenvalue weighted by Crippen LogP contribution is 2.41. The number of aliphatic hydroxyl groups is 1. The summed E-state index contributed by atoms with van der Waals surface area (Å²) in [6, 6.07) is 11.9. The number of rotatable bonds is 5. The summed E-state index contributed by atoms with van der Waals surface area (Å²) in [5, 5.41) is 12.9. The maximum absolute atomic E-state index is 10.8. The highest BCUT2D eigenvalue weighted by Gasteiger charge is 2.46. The molecule has 0 aliphatic carbocycles. The Morgan fingerprint density at radius 2 is 1.81 bits per heavy atom. The number of aliphatic hydroxyl groups excluding tert-OH is 1. The molecule has 4 atom stereocenters. The van der Waals surface area contributed by atoms with Gasteiger partial charge in [-0.2, -0.15) is 0 Å². The molecule has 26 heavy (non-hydrogen) atoms. The SMILES string of the molecule is COc1cc2ccccc2cc1[C@@H]1O[C@H](COC(C)(C)C)C(OS)C1O. The van der Waals surface area contributed by atoms with Crippen LogP contribution in [0, 0.1) is 0 Å². The first-order chi connectivity index (χ1) is 12.3. The third-order valence-corrected chi connectivity index (χ3v) is 4.78. The summed E-state index contributed by atoms with van der Waals surface area (Å²) in [4.78, 5) is 0. The molecule has 0 spiro atoms. The van der Waals surface area contributed by atoms with E-state index in [1.165, 1.54) is 0 Å². The summed E-state index contributed by atoms with van der Waals surface area (Å²) < 4.78 is 22.7. The molecule has 1 saturated heterocycles. The number of methoxy groups -OCH3 is 1. The van der Waals surface area contributed by atoms with Crippen LogP contribution in [0.25, 0.3) is 10.8 Å². The first-order valence-electron chi connectivity index (χ1n) is 8.68. The van der Waals surface area contributed by atoms with Gasteiger partial charge >= 0.3 is 0 Å². The predicted octanol–water partition coefficient (Wildman–Crippen LogP) is 3.69. The second-order valence-electron chi connectivity index (χ2n) is 7.52. The van der Waals surface area contributed by atoms with Gasteiger partial charge in [0.25, 0.3) is 0 Å². The van der Waals surface area contributed by atoms with E-state index in [1.54, 1.807) is 7.11 Å². The molecule has 0 radical (unpaired) electrons. The molecule has 6 heteroatoms. The summed E-state index contributed by atoms with van der Waals surface area (Å²) in [6.07, 6.45) is -2.49. The van der Waals surface area contributed by atoms with Crippen LogP contribution in [0.5, 0.6) is 5.75 Å². The van der Waals surface area contributed by atoms with Crippen molar-refractivity contribution in [2.24, 2.45) is 0 Å². The Morgan fingerprint density at radius 3 is 2.38 bits per heavy atom. The maximum Gasteiger partial charge on any atom is 0.129 e. The molecule has 1 heterocycles. The second-order valence-corrected chi connectivity index (χ2v) is 7.73. The number of fused-ring (bicyclic) bond motifs is 1. The van der Waals surface area contributed by atoms with Gasteiger partial charge in [-0.15, -0.1) is 0 Å². The molecule has 0 aromatic heterocycles. The van der Waals surface area contributed by atoms with Crippen LogP contribution in [-0.4, -0.2) is 42.7 Å². The van der Waals surface area contributed by atoms with Crippen molar-refractivity contribution in [2.75, 3.05) is 13.7 Å². The fraction of sp³-hybridized carbons (Fsp3) is 0.500. The van der Waals surface area contributed by atoms with Crippen molar-refractivity contribution in [1.82, 2.24) is 0 Å². The average Bonchev–Trinajstić information content (AvgIpc) is 2.93. The lowest BCUT2D eigenvalue weighted by Gasteiger charge is -2.24. The van der Waals surface area contributed by atoms with Crippen LogP contribution in [0.2, 0.25) is 0 Å². The van der Waals surface area contributed by atoms with Crippen molar-refractivity contribution in [1.29, 1.82) is 0 Å². The summed E-state index contributed by atoms with van der Waals surface area (Å²) in [6.45, 7) is 6.22. The normalized spacial score (nSPS) is 26.4.